The van der Waals surface area contributed by atoms with Crippen LogP contribution in [0.25, 0.3) is 21.9 Å². The molecule has 0 aliphatic rings. The van der Waals surface area contributed by atoms with E-state index in [1.54, 1.807) is 0 Å². The Hall–Kier alpha value is -2.33. The zero-order valence-corrected chi connectivity index (χ0v) is 10.9. The first kappa shape index (κ1) is 11.7. The van der Waals surface area contributed by atoms with E-state index in [4.69, 9.17) is 16.6 Å². The Bertz CT molecular complexity index is 826. The highest BCUT2D eigenvalue weighted by Crippen LogP contribution is 2.23. The van der Waals surface area contributed by atoms with E-state index in [-0.39, 0.29) is 0 Å². The number of aromatic amines is 2. The maximum atomic E-state index is 5.34. The van der Waals surface area contributed by atoms with Crippen LogP contribution in [0.3, 0.4) is 0 Å². The highest BCUT2D eigenvalue weighted by Gasteiger charge is 2.02. The van der Waals surface area contributed by atoms with E-state index in [1.165, 1.54) is 5.39 Å². The Morgan fingerprint density at radius 1 is 0.895 bits per heavy atom. The van der Waals surface area contributed by atoms with Gasteiger partial charge in [-0.3, -0.25) is 0 Å². The second-order valence-corrected chi connectivity index (χ2v) is 4.43. The predicted octanol–water partition coefficient (Wildman–Crippen LogP) is 4.66. The highest BCUT2D eigenvalue weighted by atomic mass is 32.1. The van der Waals surface area contributed by atoms with Gasteiger partial charge in [0.1, 0.15) is 0 Å². The van der Waals surface area contributed by atoms with Crippen LogP contribution in [-0.2, 0) is 0 Å². The molecule has 2 heterocycles. The summed E-state index contributed by atoms with van der Waals surface area (Å²) in [5.41, 5.74) is 1.79. The van der Waals surface area contributed by atoms with Gasteiger partial charge < -0.3 is 14.4 Å². The fraction of sp³-hybridized carbons (Fsp3) is 0. The molecule has 0 bridgehead atoms. The molecule has 0 saturated heterocycles. The summed E-state index contributed by atoms with van der Waals surface area (Å²) in [4.78, 5) is 6.34. The van der Waals surface area contributed by atoms with Gasteiger partial charge in [0.25, 0.3) is 4.84 Å². The van der Waals surface area contributed by atoms with Crippen molar-refractivity contribution in [1.82, 2.24) is 9.97 Å². The Kier molecular flexibility index (Phi) is 3.16. The number of oxazole rings is 1. The largest absolute Gasteiger partial charge is 0.429 e. The van der Waals surface area contributed by atoms with E-state index in [2.05, 4.69) is 22.1 Å². The number of nitrogens with one attached hydrogen (secondary N) is 2. The minimum atomic E-state index is 0.427. The van der Waals surface area contributed by atoms with Crippen LogP contribution in [0.1, 0.15) is 0 Å². The molecule has 0 radical (unpaired) electrons. The summed E-state index contributed by atoms with van der Waals surface area (Å²) in [7, 11) is 0. The first-order chi connectivity index (χ1) is 9.34. The number of hydrogen-bond donors (Lipinski definition) is 2. The average Bonchev–Trinajstić information content (AvgIpc) is 3.10. The van der Waals surface area contributed by atoms with Gasteiger partial charge in [0.2, 0.25) is 0 Å². The molecule has 4 rings (SSSR count). The van der Waals surface area contributed by atoms with Gasteiger partial charge in [0, 0.05) is 17.8 Å². The van der Waals surface area contributed by atoms with Gasteiger partial charge in [-0.15, -0.1) is 0 Å². The fourth-order valence-corrected chi connectivity index (χ4v) is 2.16. The molecular formula is C15H12N2OS. The van der Waals surface area contributed by atoms with Crippen molar-refractivity contribution in [2.24, 2.45) is 0 Å². The number of rotatable bonds is 0. The lowest BCUT2D eigenvalue weighted by atomic mass is 10.1. The van der Waals surface area contributed by atoms with Crippen molar-refractivity contribution < 1.29 is 4.42 Å². The van der Waals surface area contributed by atoms with Crippen molar-refractivity contribution >= 4 is 34.1 Å². The summed E-state index contributed by atoms with van der Waals surface area (Å²) < 4.78 is 5.34. The molecule has 0 unspecified atom stereocenters. The van der Waals surface area contributed by atoms with Crippen LogP contribution in [0.5, 0.6) is 0 Å². The standard InChI is InChI=1S/C11H7NOS.C4H5N/c14-11-12-10-8-4-2-1-3-7(8)5-6-9(10)13-11;1-2-4-5-3-1/h1-6H,(H,12,14);1-5H. The van der Waals surface area contributed by atoms with Crippen LogP contribution in [0.15, 0.2) is 65.3 Å². The van der Waals surface area contributed by atoms with Crippen LogP contribution in [-0.4, -0.2) is 9.97 Å². The van der Waals surface area contributed by atoms with Gasteiger partial charge in [-0.1, -0.05) is 30.3 Å². The van der Waals surface area contributed by atoms with Crippen LogP contribution in [0.4, 0.5) is 0 Å². The van der Waals surface area contributed by atoms with E-state index in [9.17, 15) is 0 Å². The van der Waals surface area contributed by atoms with Crippen LogP contribution >= 0.6 is 12.2 Å². The van der Waals surface area contributed by atoms with Gasteiger partial charge in [0.05, 0.1) is 5.52 Å². The molecule has 0 fully saturated rings. The molecule has 0 aliphatic carbocycles. The Labute approximate surface area is 114 Å². The lowest BCUT2D eigenvalue weighted by Crippen LogP contribution is -1.73. The van der Waals surface area contributed by atoms with Gasteiger partial charge in [-0.05, 0) is 35.8 Å². The highest BCUT2D eigenvalue weighted by molar-refractivity contribution is 7.71. The molecular weight excluding hydrogens is 256 g/mol. The molecule has 0 saturated carbocycles. The molecule has 0 atom stereocenters. The van der Waals surface area contributed by atoms with Crippen molar-refractivity contribution in [1.29, 1.82) is 0 Å². The van der Waals surface area contributed by atoms with Gasteiger partial charge >= 0.3 is 0 Å². The van der Waals surface area contributed by atoms with Crippen LogP contribution in [0, 0.1) is 4.84 Å². The average molecular weight is 268 g/mol. The first-order valence-electron chi connectivity index (χ1n) is 5.93. The van der Waals surface area contributed by atoms with Crippen LogP contribution < -0.4 is 0 Å². The SMILES string of the molecule is S=c1[nH]c2c(ccc3ccccc32)o1.c1cc[nH]c1. The molecule has 2 aromatic heterocycles. The summed E-state index contributed by atoms with van der Waals surface area (Å²) in [6.07, 6.45) is 3.75. The van der Waals surface area contributed by atoms with Crippen molar-refractivity contribution in [2.75, 3.05) is 0 Å². The second kappa shape index (κ2) is 5.12. The third-order valence-corrected chi connectivity index (χ3v) is 3.00. The zero-order chi connectivity index (χ0) is 13.1. The van der Waals surface area contributed by atoms with E-state index >= 15 is 0 Å². The third-order valence-electron chi connectivity index (χ3n) is 2.82. The molecule has 4 heteroatoms. The minimum absolute atomic E-state index is 0.427. The maximum absolute atomic E-state index is 5.34. The molecule has 19 heavy (non-hydrogen) atoms. The van der Waals surface area contributed by atoms with E-state index in [1.807, 2.05) is 48.8 Å². The van der Waals surface area contributed by atoms with Crippen molar-refractivity contribution in [2.45, 2.75) is 0 Å². The molecule has 0 spiro atoms. The third kappa shape index (κ3) is 2.44. The molecule has 3 nitrogen and oxygen atoms in total. The van der Waals surface area contributed by atoms with Crippen LogP contribution in [0.2, 0.25) is 0 Å². The summed E-state index contributed by atoms with van der Waals surface area (Å²) in [5, 5.41) is 2.33. The van der Waals surface area contributed by atoms with Gasteiger partial charge in [0.15, 0.2) is 5.58 Å². The lowest BCUT2D eigenvalue weighted by Gasteiger charge is -1.96. The first-order valence-corrected chi connectivity index (χ1v) is 6.34. The van der Waals surface area contributed by atoms with E-state index < -0.39 is 0 Å². The fourth-order valence-electron chi connectivity index (χ4n) is 1.97. The summed E-state index contributed by atoms with van der Waals surface area (Å²) in [6, 6.07) is 16.0. The summed E-state index contributed by atoms with van der Waals surface area (Å²) in [5.74, 6) is 0. The predicted molar refractivity (Wildman–Crippen MR) is 79.7 cm³/mol. The molecule has 94 valence electrons. The Morgan fingerprint density at radius 3 is 2.42 bits per heavy atom. The van der Waals surface area contributed by atoms with E-state index in [0.29, 0.717) is 4.84 Å². The van der Waals surface area contributed by atoms with Crippen molar-refractivity contribution in [3.63, 3.8) is 0 Å². The molecule has 2 N–H and O–H groups in total. The lowest BCUT2D eigenvalue weighted by molar-refractivity contribution is 0.583. The Morgan fingerprint density at radius 2 is 1.68 bits per heavy atom. The van der Waals surface area contributed by atoms with Gasteiger partial charge in [-0.2, -0.15) is 0 Å². The summed E-state index contributed by atoms with van der Waals surface area (Å²) in [6.45, 7) is 0. The number of hydrogen-bond acceptors (Lipinski definition) is 2. The number of benzene rings is 2. The smallest absolute Gasteiger partial charge is 0.266 e. The molecule has 0 amide bonds. The Balaban J connectivity index is 0.000000187. The zero-order valence-electron chi connectivity index (χ0n) is 10.1. The topological polar surface area (TPSA) is 44.7 Å². The van der Waals surface area contributed by atoms with Gasteiger partial charge in [-0.25, -0.2) is 0 Å². The van der Waals surface area contributed by atoms with Crippen molar-refractivity contribution in [3.8, 4) is 0 Å². The number of aromatic nitrogens is 2. The maximum Gasteiger partial charge on any atom is 0.266 e. The number of H-pyrrole nitrogens is 2. The molecule has 2 aromatic carbocycles. The van der Waals surface area contributed by atoms with Crippen molar-refractivity contribution in [3.05, 3.63) is 65.8 Å². The summed E-state index contributed by atoms with van der Waals surface area (Å²) >= 11 is 4.95. The number of fused-ring (bicyclic) bond motifs is 3. The molecule has 0 aliphatic heterocycles. The second-order valence-electron chi connectivity index (χ2n) is 4.06. The van der Waals surface area contributed by atoms with E-state index in [0.717, 1.165) is 16.5 Å². The normalized spacial score (nSPS) is 10.3. The monoisotopic (exact) mass is 268 g/mol. The minimum Gasteiger partial charge on any atom is -0.429 e. The molecule has 4 aromatic rings. The quantitative estimate of drug-likeness (QED) is 0.456.